The summed E-state index contributed by atoms with van der Waals surface area (Å²) < 4.78 is 14.1. The first kappa shape index (κ1) is 27.4. The van der Waals surface area contributed by atoms with Gasteiger partial charge in [-0.3, -0.25) is 19.2 Å². The Morgan fingerprint density at radius 3 is 2.12 bits per heavy atom. The number of benzene rings is 1. The van der Waals surface area contributed by atoms with Crippen LogP contribution in [0.15, 0.2) is 30.3 Å². The highest BCUT2D eigenvalue weighted by Gasteiger charge is 2.41. The fraction of sp³-hybridized carbons (Fsp3) is 0.476. The number of amides is 3. The molecule has 0 aliphatic carbocycles. The van der Waals surface area contributed by atoms with Crippen LogP contribution in [0.5, 0.6) is 0 Å². The van der Waals surface area contributed by atoms with E-state index in [2.05, 4.69) is 20.1 Å². The maximum absolute atomic E-state index is 12.3. The Labute approximate surface area is 190 Å². The number of nitrogens with two attached hydrogens (primary N) is 1. The number of alkyl carbamates (subject to hydrolysis) is 1. The molecule has 0 bridgehead atoms. The van der Waals surface area contributed by atoms with Gasteiger partial charge in [-0.25, -0.2) is 4.79 Å². The van der Waals surface area contributed by atoms with E-state index in [0.717, 1.165) is 19.8 Å². The third-order valence-electron chi connectivity index (χ3n) is 4.70. The molecule has 12 nitrogen and oxygen atoms in total. The number of carbonyl (C=O) groups excluding carboxylic acids is 5. The van der Waals surface area contributed by atoms with Gasteiger partial charge in [-0.2, -0.15) is 0 Å². The minimum absolute atomic E-state index is 0.0307. The number of hydrogen-bond donors (Lipinski definition) is 4. The highest BCUT2D eigenvalue weighted by molar-refractivity contribution is 5.97. The summed E-state index contributed by atoms with van der Waals surface area (Å²) in [6, 6.07) is 7.51. The second-order valence-corrected chi connectivity index (χ2v) is 7.13. The van der Waals surface area contributed by atoms with Crippen LogP contribution in [0.3, 0.4) is 0 Å². The molecule has 3 amide bonds. The van der Waals surface area contributed by atoms with E-state index in [-0.39, 0.29) is 13.2 Å². The third-order valence-corrected chi connectivity index (χ3v) is 4.70. The molecule has 3 atom stereocenters. The maximum atomic E-state index is 12.3. The van der Waals surface area contributed by atoms with Crippen molar-refractivity contribution in [1.29, 1.82) is 0 Å². The van der Waals surface area contributed by atoms with Gasteiger partial charge in [-0.05, 0) is 5.56 Å². The van der Waals surface area contributed by atoms with Crippen molar-refractivity contribution in [3.63, 3.8) is 0 Å². The summed E-state index contributed by atoms with van der Waals surface area (Å²) in [6.07, 6.45) is -2.60. The lowest BCUT2D eigenvalue weighted by Gasteiger charge is -2.27. The van der Waals surface area contributed by atoms with Gasteiger partial charge in [0.05, 0.1) is 26.7 Å². The molecule has 1 rings (SSSR count). The Balaban J connectivity index is 2.59. The lowest BCUT2D eigenvalue weighted by molar-refractivity contribution is -0.162. The summed E-state index contributed by atoms with van der Waals surface area (Å²) in [5.74, 6) is -6.35. The van der Waals surface area contributed by atoms with Crippen molar-refractivity contribution in [3.8, 4) is 0 Å². The molecule has 182 valence electrons. The second-order valence-electron chi connectivity index (χ2n) is 7.13. The smallest absolute Gasteiger partial charge is 0.407 e. The number of rotatable bonds is 12. The number of methoxy groups -OCH3 is 2. The second kappa shape index (κ2) is 13.7. The van der Waals surface area contributed by atoms with Gasteiger partial charge >= 0.3 is 18.0 Å². The Kier molecular flexibility index (Phi) is 11.3. The highest BCUT2D eigenvalue weighted by Crippen LogP contribution is 2.19. The van der Waals surface area contributed by atoms with Gasteiger partial charge in [0.1, 0.15) is 12.6 Å². The summed E-state index contributed by atoms with van der Waals surface area (Å²) in [6.45, 7) is 1.07. The number of carbonyl (C=O) groups is 5. The first-order valence-corrected chi connectivity index (χ1v) is 9.97. The van der Waals surface area contributed by atoms with E-state index in [1.54, 1.807) is 24.3 Å². The van der Waals surface area contributed by atoms with Gasteiger partial charge in [0, 0.05) is 12.5 Å². The molecule has 1 aromatic carbocycles. The number of aliphatic hydroxyl groups excluding tert-OH is 1. The zero-order chi connectivity index (χ0) is 25.0. The minimum Gasteiger partial charge on any atom is -0.468 e. The number of hydrogen-bond acceptors (Lipinski definition) is 9. The molecule has 0 spiro atoms. The predicted molar refractivity (Wildman–Crippen MR) is 113 cm³/mol. The fourth-order valence-electron chi connectivity index (χ4n) is 2.93. The van der Waals surface area contributed by atoms with Crippen LogP contribution in [-0.2, 0) is 40.0 Å². The zero-order valence-electron chi connectivity index (χ0n) is 18.6. The first-order chi connectivity index (χ1) is 15.6. The molecule has 5 N–H and O–H groups in total. The van der Waals surface area contributed by atoms with Crippen LogP contribution < -0.4 is 16.4 Å². The summed E-state index contributed by atoms with van der Waals surface area (Å²) in [5.41, 5.74) is 6.10. The predicted octanol–water partition coefficient (Wildman–Crippen LogP) is -0.768. The molecule has 0 unspecified atom stereocenters. The molecule has 0 aliphatic heterocycles. The number of primary amides is 1. The SMILES string of the molecule is COC(=O)C(C(=O)OC)[C@@H](C)[C@H](NC(=O)C[C@H](O)CNC(=O)OCc1ccccc1)C(N)=O. The van der Waals surface area contributed by atoms with Gasteiger partial charge < -0.3 is 35.7 Å². The van der Waals surface area contributed by atoms with Crippen LogP contribution >= 0.6 is 0 Å². The Morgan fingerprint density at radius 2 is 1.61 bits per heavy atom. The van der Waals surface area contributed by atoms with Gasteiger partial charge in [-0.1, -0.05) is 37.3 Å². The summed E-state index contributed by atoms with van der Waals surface area (Å²) in [4.78, 5) is 59.8. The molecule has 0 radical (unpaired) electrons. The van der Waals surface area contributed by atoms with E-state index in [1.807, 2.05) is 6.07 Å². The van der Waals surface area contributed by atoms with Crippen molar-refractivity contribution in [2.45, 2.75) is 32.1 Å². The van der Waals surface area contributed by atoms with Crippen molar-refractivity contribution in [3.05, 3.63) is 35.9 Å². The molecule has 33 heavy (non-hydrogen) atoms. The number of esters is 2. The molecular weight excluding hydrogens is 438 g/mol. The Hall–Kier alpha value is -3.67. The number of aliphatic hydroxyl groups is 1. The van der Waals surface area contributed by atoms with Crippen molar-refractivity contribution < 1.29 is 43.3 Å². The van der Waals surface area contributed by atoms with Crippen LogP contribution in [0.25, 0.3) is 0 Å². The van der Waals surface area contributed by atoms with Crippen LogP contribution in [0.2, 0.25) is 0 Å². The van der Waals surface area contributed by atoms with Crippen molar-refractivity contribution in [2.75, 3.05) is 20.8 Å². The minimum atomic E-state index is -1.51. The lowest BCUT2D eigenvalue weighted by atomic mass is 9.86. The monoisotopic (exact) mass is 467 g/mol. The molecule has 0 heterocycles. The molecule has 1 aromatic rings. The normalized spacial score (nSPS) is 13.2. The molecule has 0 saturated heterocycles. The summed E-state index contributed by atoms with van der Waals surface area (Å²) in [5, 5.41) is 14.6. The largest absolute Gasteiger partial charge is 0.468 e. The average Bonchev–Trinajstić information content (AvgIpc) is 2.79. The van der Waals surface area contributed by atoms with Crippen molar-refractivity contribution >= 4 is 29.8 Å². The Morgan fingerprint density at radius 1 is 1.03 bits per heavy atom. The van der Waals surface area contributed by atoms with E-state index in [4.69, 9.17) is 10.5 Å². The van der Waals surface area contributed by atoms with E-state index in [9.17, 15) is 29.1 Å². The summed E-state index contributed by atoms with van der Waals surface area (Å²) >= 11 is 0. The quantitative estimate of drug-likeness (QED) is 0.174. The number of nitrogens with one attached hydrogen (secondary N) is 2. The average molecular weight is 467 g/mol. The third kappa shape index (κ3) is 9.15. The van der Waals surface area contributed by atoms with Gasteiger partial charge in [0.15, 0.2) is 5.92 Å². The molecule has 12 heteroatoms. The lowest BCUT2D eigenvalue weighted by Crippen LogP contribution is -2.53. The zero-order valence-corrected chi connectivity index (χ0v) is 18.6. The van der Waals surface area contributed by atoms with E-state index in [0.29, 0.717) is 0 Å². The van der Waals surface area contributed by atoms with Crippen LogP contribution in [0.4, 0.5) is 4.79 Å². The van der Waals surface area contributed by atoms with E-state index < -0.39 is 60.2 Å². The molecular formula is C21H29N3O9. The highest BCUT2D eigenvalue weighted by atomic mass is 16.6. The molecule has 0 fully saturated rings. The molecule has 0 aromatic heterocycles. The fourth-order valence-corrected chi connectivity index (χ4v) is 2.93. The van der Waals surface area contributed by atoms with Crippen LogP contribution in [0, 0.1) is 11.8 Å². The summed E-state index contributed by atoms with van der Waals surface area (Å²) in [7, 11) is 2.11. The van der Waals surface area contributed by atoms with Gasteiger partial charge in [-0.15, -0.1) is 0 Å². The van der Waals surface area contributed by atoms with Crippen molar-refractivity contribution in [2.24, 2.45) is 17.6 Å². The van der Waals surface area contributed by atoms with E-state index >= 15 is 0 Å². The van der Waals surface area contributed by atoms with Crippen molar-refractivity contribution in [1.82, 2.24) is 10.6 Å². The standard InChI is InChI=1S/C21H29N3O9/c1-12(16(19(28)31-2)20(29)32-3)17(18(22)27)24-15(26)9-14(25)10-23-21(30)33-11-13-7-5-4-6-8-13/h4-8,12,14,16-17,25H,9-11H2,1-3H3,(H2,22,27)(H,23,30)(H,24,26)/t12-,14+,17+/m1/s1. The number of ether oxygens (including phenoxy) is 3. The van der Waals surface area contributed by atoms with E-state index in [1.165, 1.54) is 6.92 Å². The first-order valence-electron chi connectivity index (χ1n) is 9.97. The van der Waals surface area contributed by atoms with Crippen LogP contribution in [0.1, 0.15) is 18.9 Å². The molecule has 0 aliphatic rings. The Bertz CT molecular complexity index is 816. The topological polar surface area (TPSA) is 183 Å². The van der Waals surface area contributed by atoms with Crippen LogP contribution in [-0.4, -0.2) is 67.9 Å². The molecule has 0 saturated carbocycles. The van der Waals surface area contributed by atoms with Gasteiger partial charge in [0.25, 0.3) is 0 Å². The van der Waals surface area contributed by atoms with Gasteiger partial charge in [0.2, 0.25) is 11.8 Å². The maximum Gasteiger partial charge on any atom is 0.407 e.